The van der Waals surface area contributed by atoms with Crippen LogP contribution < -0.4 is 10.9 Å². The monoisotopic (exact) mass is 425 g/mol. The number of amides is 1. The molecule has 3 rings (SSSR count). The van der Waals surface area contributed by atoms with E-state index in [0.29, 0.717) is 31.5 Å². The summed E-state index contributed by atoms with van der Waals surface area (Å²) < 4.78 is 11.8. The van der Waals surface area contributed by atoms with Gasteiger partial charge in [0.1, 0.15) is 4.83 Å². The number of ether oxygens (including phenoxy) is 2. The summed E-state index contributed by atoms with van der Waals surface area (Å²) in [6, 6.07) is 0. The molecular weight excluding hydrogens is 398 g/mol. The summed E-state index contributed by atoms with van der Waals surface area (Å²) in [5.74, 6) is -0.0893. The molecule has 0 saturated carbocycles. The van der Waals surface area contributed by atoms with Crippen molar-refractivity contribution in [1.82, 2.24) is 14.9 Å². The van der Waals surface area contributed by atoms with Gasteiger partial charge in [0.25, 0.3) is 5.56 Å². The van der Waals surface area contributed by atoms with Gasteiger partial charge in [0.15, 0.2) is 5.16 Å². The van der Waals surface area contributed by atoms with Gasteiger partial charge in [-0.3, -0.25) is 14.2 Å². The molecule has 0 aromatic carbocycles. The van der Waals surface area contributed by atoms with Gasteiger partial charge in [-0.2, -0.15) is 0 Å². The number of hydrogen-bond donors (Lipinski definition) is 1. The summed E-state index contributed by atoms with van der Waals surface area (Å²) in [5, 5.41) is 3.86. The van der Waals surface area contributed by atoms with Gasteiger partial charge in [-0.05, 0) is 38.2 Å². The van der Waals surface area contributed by atoms with Crippen LogP contribution >= 0.6 is 23.1 Å². The fraction of sp³-hybridized carbons (Fsp3) is 0.632. The number of carbonyl (C=O) groups is 1. The third-order valence-electron chi connectivity index (χ3n) is 4.78. The zero-order valence-electron chi connectivity index (χ0n) is 16.6. The van der Waals surface area contributed by atoms with Crippen molar-refractivity contribution in [3.8, 4) is 0 Å². The van der Waals surface area contributed by atoms with E-state index >= 15 is 0 Å². The molecule has 1 aliphatic carbocycles. The maximum atomic E-state index is 13.3. The molecule has 0 radical (unpaired) electrons. The summed E-state index contributed by atoms with van der Waals surface area (Å²) in [7, 11) is 3.25. The second kappa shape index (κ2) is 9.87. The number of methoxy groups -OCH3 is 2. The van der Waals surface area contributed by atoms with E-state index in [0.717, 1.165) is 35.9 Å². The number of aromatic nitrogens is 2. The summed E-state index contributed by atoms with van der Waals surface area (Å²) >= 11 is 2.95. The smallest absolute Gasteiger partial charge is 0.263 e. The van der Waals surface area contributed by atoms with Crippen LogP contribution in [-0.4, -0.2) is 54.7 Å². The second-order valence-corrected chi connectivity index (χ2v) is 9.17. The lowest BCUT2D eigenvalue weighted by molar-refractivity contribution is -0.120. The molecule has 28 heavy (non-hydrogen) atoms. The van der Waals surface area contributed by atoms with Crippen LogP contribution in [0.15, 0.2) is 9.95 Å². The molecule has 154 valence electrons. The second-order valence-electron chi connectivity index (χ2n) is 6.78. The van der Waals surface area contributed by atoms with E-state index in [1.54, 1.807) is 30.1 Å². The fourth-order valence-corrected chi connectivity index (χ4v) is 5.61. The van der Waals surface area contributed by atoms with Crippen molar-refractivity contribution in [2.24, 2.45) is 0 Å². The highest BCUT2D eigenvalue weighted by atomic mass is 32.2. The SMILES string of the molecule is COCCCn1c(S[C@@H](C)C(=O)NCCOC)nc2sc3c(c2c1=O)CCC3. The number of aryl methyl sites for hydroxylation is 2. The largest absolute Gasteiger partial charge is 0.385 e. The molecule has 1 N–H and O–H groups in total. The van der Waals surface area contributed by atoms with Crippen molar-refractivity contribution in [3.05, 3.63) is 20.8 Å². The van der Waals surface area contributed by atoms with E-state index in [1.165, 1.54) is 22.2 Å². The van der Waals surface area contributed by atoms with Gasteiger partial charge in [0, 0.05) is 38.8 Å². The van der Waals surface area contributed by atoms with Gasteiger partial charge in [-0.25, -0.2) is 4.98 Å². The number of hydrogen-bond acceptors (Lipinski definition) is 7. The standard InChI is InChI=1S/C19H27N3O4S2/c1-12(16(23)20-8-11-26-3)27-19-21-17-15(13-6-4-7-14(13)28-17)18(24)22(19)9-5-10-25-2/h12H,4-11H2,1-3H3,(H,20,23)/t12-/m0/s1. The fourth-order valence-electron chi connectivity index (χ4n) is 3.34. The normalized spacial score (nSPS) is 14.4. The molecule has 0 bridgehead atoms. The molecule has 1 amide bonds. The topological polar surface area (TPSA) is 82.4 Å². The van der Waals surface area contributed by atoms with Crippen LogP contribution in [0.5, 0.6) is 0 Å². The van der Waals surface area contributed by atoms with E-state index in [1.807, 2.05) is 6.92 Å². The van der Waals surface area contributed by atoms with Crippen molar-refractivity contribution in [2.45, 2.75) is 49.6 Å². The first-order valence-electron chi connectivity index (χ1n) is 9.54. The van der Waals surface area contributed by atoms with Crippen molar-refractivity contribution < 1.29 is 14.3 Å². The van der Waals surface area contributed by atoms with Crippen LogP contribution in [0.3, 0.4) is 0 Å². The number of rotatable bonds is 10. The first kappa shape index (κ1) is 21.3. The van der Waals surface area contributed by atoms with Crippen LogP contribution in [0.2, 0.25) is 0 Å². The molecule has 0 spiro atoms. The van der Waals surface area contributed by atoms with Crippen LogP contribution in [0.25, 0.3) is 10.2 Å². The van der Waals surface area contributed by atoms with Crippen LogP contribution in [-0.2, 0) is 33.7 Å². The van der Waals surface area contributed by atoms with Gasteiger partial charge in [-0.15, -0.1) is 11.3 Å². The molecule has 0 aliphatic heterocycles. The molecule has 9 heteroatoms. The van der Waals surface area contributed by atoms with Gasteiger partial charge in [0.05, 0.1) is 17.2 Å². The summed E-state index contributed by atoms with van der Waals surface area (Å²) in [4.78, 5) is 32.5. The first-order valence-corrected chi connectivity index (χ1v) is 11.2. The van der Waals surface area contributed by atoms with Crippen LogP contribution in [0.1, 0.15) is 30.2 Å². The Bertz CT molecular complexity index is 893. The van der Waals surface area contributed by atoms with E-state index in [4.69, 9.17) is 14.5 Å². The number of fused-ring (bicyclic) bond motifs is 3. The third kappa shape index (κ3) is 4.59. The highest BCUT2D eigenvalue weighted by molar-refractivity contribution is 8.00. The predicted octanol–water partition coefficient (Wildman–Crippen LogP) is 2.23. The van der Waals surface area contributed by atoms with Gasteiger partial charge in [-0.1, -0.05) is 11.8 Å². The molecular formula is C19H27N3O4S2. The number of thiophene rings is 1. The van der Waals surface area contributed by atoms with Crippen molar-refractivity contribution in [2.75, 3.05) is 34.0 Å². The summed E-state index contributed by atoms with van der Waals surface area (Å²) in [6.45, 7) is 3.86. The minimum absolute atomic E-state index is 0.00925. The predicted molar refractivity (Wildman–Crippen MR) is 113 cm³/mol. The summed E-state index contributed by atoms with van der Waals surface area (Å²) in [5.41, 5.74) is 1.19. The first-order chi connectivity index (χ1) is 13.6. The molecule has 2 aromatic rings. The van der Waals surface area contributed by atoms with Gasteiger partial charge in [0.2, 0.25) is 5.91 Å². The van der Waals surface area contributed by atoms with Crippen LogP contribution in [0.4, 0.5) is 0 Å². The number of carbonyl (C=O) groups excluding carboxylic acids is 1. The third-order valence-corrected chi connectivity index (χ3v) is 7.05. The van der Waals surface area contributed by atoms with Crippen molar-refractivity contribution in [1.29, 1.82) is 0 Å². The van der Waals surface area contributed by atoms with E-state index < -0.39 is 0 Å². The highest BCUT2D eigenvalue weighted by Gasteiger charge is 2.25. The number of thioether (sulfide) groups is 1. The molecule has 0 fully saturated rings. The Kier molecular flexibility index (Phi) is 7.50. The maximum absolute atomic E-state index is 13.3. The molecule has 0 saturated heterocycles. The van der Waals surface area contributed by atoms with Crippen LogP contribution in [0, 0.1) is 0 Å². The van der Waals surface area contributed by atoms with E-state index in [9.17, 15) is 9.59 Å². The van der Waals surface area contributed by atoms with Gasteiger partial charge < -0.3 is 14.8 Å². The van der Waals surface area contributed by atoms with Crippen molar-refractivity contribution in [3.63, 3.8) is 0 Å². The molecule has 0 unspecified atom stereocenters. The Morgan fingerprint density at radius 3 is 2.86 bits per heavy atom. The van der Waals surface area contributed by atoms with Gasteiger partial charge >= 0.3 is 0 Å². The quantitative estimate of drug-likeness (QED) is 0.357. The Labute approximate surface area is 172 Å². The average Bonchev–Trinajstić information content (AvgIpc) is 3.25. The minimum Gasteiger partial charge on any atom is -0.385 e. The van der Waals surface area contributed by atoms with E-state index in [-0.39, 0.29) is 16.7 Å². The van der Waals surface area contributed by atoms with E-state index in [2.05, 4.69) is 5.32 Å². The Balaban J connectivity index is 1.90. The molecule has 7 nitrogen and oxygen atoms in total. The number of nitrogens with one attached hydrogen (secondary N) is 1. The molecule has 1 aliphatic rings. The minimum atomic E-state index is -0.360. The molecule has 2 heterocycles. The summed E-state index contributed by atoms with van der Waals surface area (Å²) in [6.07, 6.45) is 3.81. The lowest BCUT2D eigenvalue weighted by Gasteiger charge is -2.16. The highest BCUT2D eigenvalue weighted by Crippen LogP contribution is 2.36. The molecule has 1 atom stereocenters. The Hall–Kier alpha value is -1.42. The van der Waals surface area contributed by atoms with Crippen molar-refractivity contribution >= 4 is 39.2 Å². The Morgan fingerprint density at radius 2 is 2.11 bits per heavy atom. The zero-order chi connectivity index (χ0) is 20.1. The zero-order valence-corrected chi connectivity index (χ0v) is 18.2. The Morgan fingerprint density at radius 1 is 1.32 bits per heavy atom. The average molecular weight is 426 g/mol. The number of nitrogens with zero attached hydrogens (tertiary/aromatic N) is 2. The lowest BCUT2D eigenvalue weighted by atomic mass is 10.2. The molecule has 2 aromatic heterocycles. The maximum Gasteiger partial charge on any atom is 0.263 e. The lowest BCUT2D eigenvalue weighted by Crippen LogP contribution is -2.34.